The maximum atomic E-state index is 11.2. The molecule has 7 heteroatoms. The Morgan fingerprint density at radius 1 is 1.35 bits per heavy atom. The van der Waals surface area contributed by atoms with E-state index >= 15 is 0 Å². The summed E-state index contributed by atoms with van der Waals surface area (Å²) in [4.78, 5) is 15.7. The lowest BCUT2D eigenvalue weighted by Gasteiger charge is -2.18. The predicted molar refractivity (Wildman–Crippen MR) is 100 cm³/mol. The van der Waals surface area contributed by atoms with Gasteiger partial charge in [0, 0.05) is 24.5 Å². The summed E-state index contributed by atoms with van der Waals surface area (Å²) in [5.41, 5.74) is 9.97. The average Bonchev–Trinajstić information content (AvgIpc) is 3.35. The third-order valence-corrected chi connectivity index (χ3v) is 4.63. The van der Waals surface area contributed by atoms with Crippen molar-refractivity contribution >= 4 is 23.2 Å². The Hall–Kier alpha value is -3.06. The second-order valence-corrected chi connectivity index (χ2v) is 6.71. The molecule has 1 aliphatic carbocycles. The average molecular weight is 351 g/mol. The van der Waals surface area contributed by atoms with Crippen LogP contribution in [0.3, 0.4) is 0 Å². The van der Waals surface area contributed by atoms with Gasteiger partial charge in [-0.25, -0.2) is 9.78 Å². The maximum Gasteiger partial charge on any atom is 0.335 e. The highest BCUT2D eigenvalue weighted by molar-refractivity contribution is 5.89. The fourth-order valence-corrected chi connectivity index (χ4v) is 2.82. The van der Waals surface area contributed by atoms with Crippen LogP contribution in [-0.4, -0.2) is 22.6 Å². The number of hydrogen-bond acceptors (Lipinski definition) is 6. The molecular weight excluding hydrogens is 330 g/mol. The molecular formula is C19H21N5O2. The van der Waals surface area contributed by atoms with E-state index in [0.29, 0.717) is 0 Å². The fourth-order valence-electron chi connectivity index (χ4n) is 2.82. The van der Waals surface area contributed by atoms with Crippen molar-refractivity contribution in [3.63, 3.8) is 0 Å². The smallest absolute Gasteiger partial charge is 0.335 e. The molecule has 1 fully saturated rings. The molecule has 0 bridgehead atoms. The summed E-state index contributed by atoms with van der Waals surface area (Å²) >= 11 is 0. The molecule has 1 aromatic heterocycles. The SMILES string of the molecule is Cc1ccc(C(=O)O)cc1N1C=C(c2ccc(NCC3CC3)nc2)NN1. The first-order chi connectivity index (χ1) is 12.6. The fraction of sp³-hybridized carbons (Fsp3) is 0.263. The number of benzene rings is 1. The zero-order valence-corrected chi connectivity index (χ0v) is 14.5. The summed E-state index contributed by atoms with van der Waals surface area (Å²) in [6.45, 7) is 2.93. The lowest BCUT2D eigenvalue weighted by Crippen LogP contribution is -2.36. The molecule has 4 rings (SSSR count). The van der Waals surface area contributed by atoms with Crippen molar-refractivity contribution in [3.8, 4) is 0 Å². The van der Waals surface area contributed by atoms with Crippen LogP contribution in [0.1, 0.15) is 34.3 Å². The highest BCUT2D eigenvalue weighted by Crippen LogP contribution is 2.29. The number of aromatic carboxylic acids is 1. The zero-order chi connectivity index (χ0) is 18.1. The van der Waals surface area contributed by atoms with Crippen molar-refractivity contribution in [1.82, 2.24) is 15.9 Å². The van der Waals surface area contributed by atoms with Gasteiger partial charge in [0.1, 0.15) is 5.82 Å². The van der Waals surface area contributed by atoms with Crippen LogP contribution in [0.25, 0.3) is 5.70 Å². The second kappa shape index (κ2) is 6.68. The number of carbonyl (C=O) groups is 1. The number of anilines is 2. The van der Waals surface area contributed by atoms with E-state index in [0.717, 1.165) is 40.8 Å². The summed E-state index contributed by atoms with van der Waals surface area (Å²) in [7, 11) is 0. The van der Waals surface area contributed by atoms with Crippen LogP contribution in [0.2, 0.25) is 0 Å². The molecule has 2 heterocycles. The van der Waals surface area contributed by atoms with Gasteiger partial charge in [0.15, 0.2) is 0 Å². The van der Waals surface area contributed by atoms with Crippen LogP contribution in [0.5, 0.6) is 0 Å². The molecule has 1 saturated carbocycles. The molecule has 2 aromatic rings. The highest BCUT2D eigenvalue weighted by atomic mass is 16.4. The van der Waals surface area contributed by atoms with Crippen LogP contribution < -0.4 is 21.3 Å². The van der Waals surface area contributed by atoms with Crippen LogP contribution >= 0.6 is 0 Å². The van der Waals surface area contributed by atoms with Crippen LogP contribution in [0, 0.1) is 12.8 Å². The van der Waals surface area contributed by atoms with E-state index in [1.165, 1.54) is 12.8 Å². The van der Waals surface area contributed by atoms with Gasteiger partial charge in [0.25, 0.3) is 0 Å². The van der Waals surface area contributed by atoms with Crippen LogP contribution in [0.4, 0.5) is 11.5 Å². The number of aryl methyl sites for hydroxylation is 1. The predicted octanol–water partition coefficient (Wildman–Crippen LogP) is 2.74. The monoisotopic (exact) mass is 351 g/mol. The lowest BCUT2D eigenvalue weighted by atomic mass is 10.1. The third kappa shape index (κ3) is 3.48. The van der Waals surface area contributed by atoms with E-state index < -0.39 is 5.97 Å². The molecule has 1 aliphatic heterocycles. The summed E-state index contributed by atoms with van der Waals surface area (Å²) in [5.74, 6) is 0.744. The first-order valence-corrected chi connectivity index (χ1v) is 8.67. The van der Waals surface area contributed by atoms with Gasteiger partial charge in [-0.1, -0.05) is 6.07 Å². The van der Waals surface area contributed by atoms with E-state index in [-0.39, 0.29) is 5.56 Å². The third-order valence-electron chi connectivity index (χ3n) is 4.63. The molecule has 7 nitrogen and oxygen atoms in total. The van der Waals surface area contributed by atoms with Gasteiger partial charge in [-0.2, -0.15) is 0 Å². The van der Waals surface area contributed by atoms with E-state index in [1.54, 1.807) is 23.2 Å². The van der Waals surface area contributed by atoms with Crippen LogP contribution in [-0.2, 0) is 0 Å². The molecule has 0 radical (unpaired) electrons. The molecule has 0 atom stereocenters. The minimum Gasteiger partial charge on any atom is -0.478 e. The van der Waals surface area contributed by atoms with Gasteiger partial charge in [-0.3, -0.25) is 5.01 Å². The number of nitrogens with one attached hydrogen (secondary N) is 3. The van der Waals surface area contributed by atoms with Crippen LogP contribution in [0.15, 0.2) is 42.7 Å². The molecule has 2 aliphatic rings. The Bertz CT molecular complexity index is 859. The van der Waals surface area contributed by atoms with E-state index in [1.807, 2.05) is 31.5 Å². The number of aromatic nitrogens is 1. The van der Waals surface area contributed by atoms with Crippen molar-refractivity contribution in [2.75, 3.05) is 16.9 Å². The number of carboxylic acids is 1. The number of hydrazine groups is 2. The summed E-state index contributed by atoms with van der Waals surface area (Å²) in [5, 5.41) is 14.3. The second-order valence-electron chi connectivity index (χ2n) is 6.71. The Balaban J connectivity index is 1.50. The van der Waals surface area contributed by atoms with Gasteiger partial charge in [-0.15, -0.1) is 5.53 Å². The number of rotatable bonds is 6. The van der Waals surface area contributed by atoms with Gasteiger partial charge < -0.3 is 15.8 Å². The number of hydrogen-bond donors (Lipinski definition) is 4. The number of carboxylic acid groups (broad SMARTS) is 1. The Labute approximate surface area is 151 Å². The Morgan fingerprint density at radius 2 is 2.19 bits per heavy atom. The van der Waals surface area contributed by atoms with Crippen molar-refractivity contribution in [3.05, 3.63) is 59.4 Å². The topological polar surface area (TPSA) is 89.5 Å². The summed E-state index contributed by atoms with van der Waals surface area (Å²) in [6, 6.07) is 9.03. The number of pyridine rings is 1. The lowest BCUT2D eigenvalue weighted by molar-refractivity contribution is 0.0697. The minimum atomic E-state index is -0.943. The van der Waals surface area contributed by atoms with Gasteiger partial charge in [0.05, 0.1) is 16.9 Å². The number of nitrogens with zero attached hydrogens (tertiary/aromatic N) is 2. The van der Waals surface area contributed by atoms with Crippen molar-refractivity contribution in [2.24, 2.45) is 5.92 Å². The van der Waals surface area contributed by atoms with Crippen molar-refractivity contribution in [1.29, 1.82) is 0 Å². The first kappa shape index (κ1) is 16.4. The maximum absolute atomic E-state index is 11.2. The molecule has 0 spiro atoms. The first-order valence-electron chi connectivity index (χ1n) is 8.67. The summed E-state index contributed by atoms with van der Waals surface area (Å²) < 4.78 is 0. The van der Waals surface area contributed by atoms with E-state index in [4.69, 9.17) is 0 Å². The normalized spacial score (nSPS) is 16.2. The van der Waals surface area contributed by atoms with Crippen molar-refractivity contribution in [2.45, 2.75) is 19.8 Å². The standard InChI is InChI=1S/C19H21N5O2/c1-12-2-5-14(19(25)26)8-17(12)24-11-16(22-23-24)15-6-7-18(21-10-15)20-9-13-3-4-13/h2,5-8,10-11,13,22-23H,3-4,9H2,1H3,(H,20,21)(H,25,26). The molecule has 26 heavy (non-hydrogen) atoms. The van der Waals surface area contributed by atoms with Crippen molar-refractivity contribution < 1.29 is 9.90 Å². The Kier molecular flexibility index (Phi) is 4.22. The van der Waals surface area contributed by atoms with E-state index in [2.05, 4.69) is 21.3 Å². The molecule has 1 aromatic carbocycles. The molecule has 0 amide bonds. The molecule has 0 unspecified atom stereocenters. The van der Waals surface area contributed by atoms with E-state index in [9.17, 15) is 9.90 Å². The van der Waals surface area contributed by atoms with Gasteiger partial charge in [0.2, 0.25) is 0 Å². The highest BCUT2D eigenvalue weighted by Gasteiger charge is 2.21. The minimum absolute atomic E-state index is 0.252. The van der Waals surface area contributed by atoms with Gasteiger partial charge in [-0.05, 0) is 55.5 Å². The molecule has 0 saturated heterocycles. The quantitative estimate of drug-likeness (QED) is 0.636. The molecule has 134 valence electrons. The van der Waals surface area contributed by atoms with Gasteiger partial charge >= 0.3 is 5.97 Å². The largest absolute Gasteiger partial charge is 0.478 e. The summed E-state index contributed by atoms with van der Waals surface area (Å²) in [6.07, 6.45) is 6.33. The zero-order valence-electron chi connectivity index (χ0n) is 14.5. The molecule has 4 N–H and O–H groups in total. The Morgan fingerprint density at radius 3 is 2.88 bits per heavy atom.